The lowest BCUT2D eigenvalue weighted by Gasteiger charge is -2.10. The van der Waals surface area contributed by atoms with Gasteiger partial charge in [-0.15, -0.1) is 0 Å². The van der Waals surface area contributed by atoms with Crippen molar-refractivity contribution < 1.29 is 31.5 Å². The van der Waals surface area contributed by atoms with Crippen molar-refractivity contribution in [3.8, 4) is 0 Å². The molecule has 0 saturated carbocycles. The van der Waals surface area contributed by atoms with Crippen LogP contribution in [-0.2, 0) is 15.8 Å². The van der Waals surface area contributed by atoms with Gasteiger partial charge in [-0.25, -0.2) is 8.78 Å². The Morgan fingerprint density at radius 3 is 2.17 bits per heavy atom. The predicted molar refractivity (Wildman–Crippen MR) is 75.1 cm³/mol. The summed E-state index contributed by atoms with van der Waals surface area (Å²) in [6, 6.07) is 5.91. The number of halogens is 5. The van der Waals surface area contributed by atoms with Gasteiger partial charge in [0.2, 0.25) is 0 Å². The molecule has 2 aromatic carbocycles. The van der Waals surface area contributed by atoms with Crippen molar-refractivity contribution in [2.24, 2.45) is 0 Å². The molecule has 2 N–H and O–H groups in total. The second-order valence-electron chi connectivity index (χ2n) is 4.61. The minimum Gasteiger partial charge on any atom is -0.318 e. The van der Waals surface area contributed by atoms with Crippen molar-refractivity contribution in [2.45, 2.75) is 6.18 Å². The topological polar surface area (TPSA) is 58.2 Å². The zero-order valence-electron chi connectivity index (χ0n) is 11.7. The minimum absolute atomic E-state index is 0.260. The van der Waals surface area contributed by atoms with Crippen LogP contribution >= 0.6 is 0 Å². The highest BCUT2D eigenvalue weighted by atomic mass is 19.4. The van der Waals surface area contributed by atoms with Gasteiger partial charge in [0.25, 0.3) is 0 Å². The molecule has 0 aliphatic heterocycles. The number of hydrogen-bond acceptors (Lipinski definition) is 2. The summed E-state index contributed by atoms with van der Waals surface area (Å²) in [4.78, 5) is 23.3. The van der Waals surface area contributed by atoms with Crippen molar-refractivity contribution in [1.29, 1.82) is 0 Å². The van der Waals surface area contributed by atoms with Crippen molar-refractivity contribution in [3.05, 3.63) is 59.7 Å². The standard InChI is InChI=1S/C15H9F5N2O2/c16-9-4-5-12(11(17)7-9)22-14(24)13(23)21-10-3-1-2-8(6-10)15(18,19)20/h1-7H,(H,21,23)(H,22,24). The Morgan fingerprint density at radius 2 is 1.54 bits per heavy atom. The normalized spacial score (nSPS) is 11.0. The van der Waals surface area contributed by atoms with E-state index in [1.807, 2.05) is 10.6 Å². The minimum atomic E-state index is -4.61. The van der Waals surface area contributed by atoms with E-state index in [9.17, 15) is 31.5 Å². The number of amides is 2. The zero-order chi connectivity index (χ0) is 17.9. The SMILES string of the molecule is O=C(Nc1cccc(C(F)(F)F)c1)C(=O)Nc1ccc(F)cc1F. The number of carbonyl (C=O) groups excluding carboxylic acids is 2. The molecule has 0 radical (unpaired) electrons. The fourth-order valence-electron chi connectivity index (χ4n) is 1.73. The number of benzene rings is 2. The fraction of sp³-hybridized carbons (Fsp3) is 0.0667. The molecule has 0 fully saturated rings. The molecule has 0 spiro atoms. The van der Waals surface area contributed by atoms with Crippen LogP contribution in [0.25, 0.3) is 0 Å². The van der Waals surface area contributed by atoms with Crippen LogP contribution in [0.3, 0.4) is 0 Å². The summed E-state index contributed by atoms with van der Waals surface area (Å²) in [5, 5.41) is 3.85. The second kappa shape index (κ2) is 6.65. The van der Waals surface area contributed by atoms with Gasteiger partial charge in [0, 0.05) is 11.8 Å². The zero-order valence-corrected chi connectivity index (χ0v) is 11.7. The van der Waals surface area contributed by atoms with E-state index < -0.39 is 40.9 Å². The van der Waals surface area contributed by atoms with Crippen LogP contribution in [0.1, 0.15) is 5.56 Å². The number of nitrogens with one attached hydrogen (secondary N) is 2. The molecule has 0 heterocycles. The van der Waals surface area contributed by atoms with Crippen molar-refractivity contribution in [1.82, 2.24) is 0 Å². The van der Waals surface area contributed by atoms with Crippen LogP contribution in [0.5, 0.6) is 0 Å². The molecule has 0 aliphatic carbocycles. The highest BCUT2D eigenvalue weighted by Crippen LogP contribution is 2.30. The van der Waals surface area contributed by atoms with Crippen LogP contribution in [0.15, 0.2) is 42.5 Å². The monoisotopic (exact) mass is 344 g/mol. The van der Waals surface area contributed by atoms with Gasteiger partial charge >= 0.3 is 18.0 Å². The molecule has 0 unspecified atom stereocenters. The Kier molecular flexibility index (Phi) is 4.82. The summed E-state index contributed by atoms with van der Waals surface area (Å²) in [7, 11) is 0. The summed E-state index contributed by atoms with van der Waals surface area (Å²) in [6.45, 7) is 0. The average Bonchev–Trinajstić information content (AvgIpc) is 2.49. The van der Waals surface area contributed by atoms with Crippen LogP contribution in [0.2, 0.25) is 0 Å². The van der Waals surface area contributed by atoms with Gasteiger partial charge in [-0.2, -0.15) is 13.2 Å². The largest absolute Gasteiger partial charge is 0.416 e. The third-order valence-electron chi connectivity index (χ3n) is 2.83. The van der Waals surface area contributed by atoms with Crippen molar-refractivity contribution in [3.63, 3.8) is 0 Å². The molecule has 0 aromatic heterocycles. The molecule has 24 heavy (non-hydrogen) atoms. The third-order valence-corrected chi connectivity index (χ3v) is 2.83. The highest BCUT2D eigenvalue weighted by Gasteiger charge is 2.30. The molecular formula is C15H9F5N2O2. The Morgan fingerprint density at radius 1 is 0.875 bits per heavy atom. The lowest BCUT2D eigenvalue weighted by atomic mass is 10.2. The lowest BCUT2D eigenvalue weighted by Crippen LogP contribution is -2.29. The van der Waals surface area contributed by atoms with E-state index in [0.29, 0.717) is 12.1 Å². The van der Waals surface area contributed by atoms with E-state index in [1.165, 1.54) is 0 Å². The fourth-order valence-corrected chi connectivity index (χ4v) is 1.73. The molecule has 9 heteroatoms. The Labute approximate surface area is 132 Å². The predicted octanol–water partition coefficient (Wildman–Crippen LogP) is 3.56. The quantitative estimate of drug-likeness (QED) is 0.646. The first-order valence-electron chi connectivity index (χ1n) is 6.41. The maximum absolute atomic E-state index is 13.4. The van der Waals surface area contributed by atoms with Crippen molar-refractivity contribution in [2.75, 3.05) is 10.6 Å². The van der Waals surface area contributed by atoms with Gasteiger partial charge in [0.15, 0.2) is 0 Å². The first-order chi connectivity index (χ1) is 11.2. The number of alkyl halides is 3. The first-order valence-corrected chi connectivity index (χ1v) is 6.41. The van der Waals surface area contributed by atoms with E-state index in [-0.39, 0.29) is 5.69 Å². The molecule has 0 bridgehead atoms. The average molecular weight is 344 g/mol. The number of rotatable bonds is 2. The summed E-state index contributed by atoms with van der Waals surface area (Å²) >= 11 is 0. The third kappa shape index (κ3) is 4.28. The maximum atomic E-state index is 13.4. The molecule has 4 nitrogen and oxygen atoms in total. The molecule has 2 aromatic rings. The Bertz CT molecular complexity index is 790. The summed E-state index contributed by atoms with van der Waals surface area (Å²) < 4.78 is 63.8. The molecule has 2 rings (SSSR count). The highest BCUT2D eigenvalue weighted by molar-refractivity contribution is 6.43. The summed E-state index contributed by atoms with van der Waals surface area (Å²) in [6.07, 6.45) is -4.61. The van der Waals surface area contributed by atoms with Crippen molar-refractivity contribution >= 4 is 23.2 Å². The van der Waals surface area contributed by atoms with Crippen LogP contribution in [0.4, 0.5) is 33.3 Å². The second-order valence-corrected chi connectivity index (χ2v) is 4.61. The van der Waals surface area contributed by atoms with E-state index in [2.05, 4.69) is 0 Å². The van der Waals surface area contributed by atoms with Gasteiger partial charge in [-0.05, 0) is 30.3 Å². The Balaban J connectivity index is 2.08. The van der Waals surface area contributed by atoms with Gasteiger partial charge in [-0.3, -0.25) is 9.59 Å². The maximum Gasteiger partial charge on any atom is 0.416 e. The van der Waals surface area contributed by atoms with Gasteiger partial charge in [0.1, 0.15) is 11.6 Å². The van der Waals surface area contributed by atoms with E-state index in [1.54, 1.807) is 0 Å². The van der Waals surface area contributed by atoms with Gasteiger partial charge in [-0.1, -0.05) is 6.07 Å². The molecule has 0 saturated heterocycles. The number of carbonyl (C=O) groups is 2. The molecular weight excluding hydrogens is 335 g/mol. The van der Waals surface area contributed by atoms with Crippen LogP contribution in [-0.4, -0.2) is 11.8 Å². The molecule has 2 amide bonds. The van der Waals surface area contributed by atoms with Crippen LogP contribution in [0, 0.1) is 11.6 Å². The lowest BCUT2D eigenvalue weighted by molar-refractivity contribution is -0.137. The molecule has 0 aliphatic rings. The number of anilines is 2. The summed E-state index contributed by atoms with van der Waals surface area (Å²) in [5.74, 6) is -4.61. The van der Waals surface area contributed by atoms with E-state index >= 15 is 0 Å². The van der Waals surface area contributed by atoms with E-state index in [4.69, 9.17) is 0 Å². The summed E-state index contributed by atoms with van der Waals surface area (Å²) in [5.41, 5.74) is -1.71. The van der Waals surface area contributed by atoms with Gasteiger partial charge < -0.3 is 10.6 Å². The van der Waals surface area contributed by atoms with E-state index in [0.717, 1.165) is 30.3 Å². The van der Waals surface area contributed by atoms with Gasteiger partial charge in [0.05, 0.1) is 11.3 Å². The molecule has 0 atom stereocenters. The van der Waals surface area contributed by atoms with Crippen LogP contribution < -0.4 is 10.6 Å². The number of hydrogen-bond donors (Lipinski definition) is 2. The molecule has 126 valence electrons. The smallest absolute Gasteiger partial charge is 0.318 e. The first kappa shape index (κ1) is 17.4. The Hall–Kier alpha value is -2.97.